The highest BCUT2D eigenvalue weighted by Gasteiger charge is 2.18. The number of rotatable bonds is 7. The molecule has 0 radical (unpaired) electrons. The molecule has 2 aromatic carbocycles. The van der Waals surface area contributed by atoms with Crippen LogP contribution in [0.4, 0.5) is 22.7 Å². The summed E-state index contributed by atoms with van der Waals surface area (Å²) in [6, 6.07) is 11.6. The molecule has 29 heavy (non-hydrogen) atoms. The molecule has 1 heterocycles. The van der Waals surface area contributed by atoms with Crippen LogP contribution in [-0.4, -0.2) is 37.1 Å². The topological polar surface area (TPSA) is 96.7 Å². The summed E-state index contributed by atoms with van der Waals surface area (Å²) in [6.45, 7) is 3.89. The van der Waals surface area contributed by atoms with E-state index in [4.69, 9.17) is 4.74 Å². The number of carbonyl (C=O) groups excluding carboxylic acids is 1. The molecule has 0 spiro atoms. The minimum atomic E-state index is -0.542. The van der Waals surface area contributed by atoms with Gasteiger partial charge in [-0.05, 0) is 56.5 Å². The Morgan fingerprint density at radius 2 is 1.83 bits per heavy atom. The van der Waals surface area contributed by atoms with Gasteiger partial charge in [0.05, 0.1) is 17.7 Å². The number of methoxy groups -OCH3 is 1. The molecule has 0 saturated carbocycles. The van der Waals surface area contributed by atoms with Gasteiger partial charge in [-0.15, -0.1) is 0 Å². The lowest BCUT2D eigenvalue weighted by atomic mass is 10.1. The standard InChI is InChI=1S/C21H26N4O4/c1-15(21(26)23-19-14-18(25(27)28)10-11-20(19)29-2)22-16-6-8-17(9-7-16)24-12-4-3-5-13-24/h6-11,14-15,22H,3-5,12-13H2,1-2H3,(H,23,26)/t15-/m0/s1. The first kappa shape index (κ1) is 20.4. The van der Waals surface area contributed by atoms with E-state index in [1.54, 1.807) is 6.92 Å². The molecular formula is C21H26N4O4. The van der Waals surface area contributed by atoms with Gasteiger partial charge in [0.1, 0.15) is 11.8 Å². The summed E-state index contributed by atoms with van der Waals surface area (Å²) in [7, 11) is 1.45. The maximum Gasteiger partial charge on any atom is 0.271 e. The fourth-order valence-corrected chi connectivity index (χ4v) is 3.38. The molecule has 0 unspecified atom stereocenters. The summed E-state index contributed by atoms with van der Waals surface area (Å²) < 4.78 is 5.19. The smallest absolute Gasteiger partial charge is 0.271 e. The highest BCUT2D eigenvalue weighted by atomic mass is 16.6. The maximum atomic E-state index is 12.6. The average molecular weight is 398 g/mol. The highest BCUT2D eigenvalue weighted by Crippen LogP contribution is 2.29. The molecule has 2 aromatic rings. The fraction of sp³-hybridized carbons (Fsp3) is 0.381. The Morgan fingerprint density at radius 3 is 2.45 bits per heavy atom. The van der Waals surface area contributed by atoms with Crippen molar-refractivity contribution < 1.29 is 14.5 Å². The van der Waals surface area contributed by atoms with Crippen molar-refractivity contribution in [1.82, 2.24) is 0 Å². The normalized spacial score (nSPS) is 14.8. The van der Waals surface area contributed by atoms with Crippen molar-refractivity contribution in [3.63, 3.8) is 0 Å². The number of benzene rings is 2. The molecule has 1 saturated heterocycles. The van der Waals surface area contributed by atoms with Gasteiger partial charge in [-0.3, -0.25) is 14.9 Å². The number of hydrogen-bond acceptors (Lipinski definition) is 6. The number of nitro benzene ring substituents is 1. The summed E-state index contributed by atoms with van der Waals surface area (Å²) >= 11 is 0. The predicted octanol–water partition coefficient (Wildman–Crippen LogP) is 4.03. The fourth-order valence-electron chi connectivity index (χ4n) is 3.38. The van der Waals surface area contributed by atoms with Crippen molar-refractivity contribution in [3.8, 4) is 5.75 Å². The van der Waals surface area contributed by atoms with Crippen LogP contribution >= 0.6 is 0 Å². The molecule has 1 atom stereocenters. The van der Waals surface area contributed by atoms with Crippen molar-refractivity contribution in [1.29, 1.82) is 0 Å². The van der Waals surface area contributed by atoms with Gasteiger partial charge in [-0.1, -0.05) is 0 Å². The number of amides is 1. The van der Waals surface area contributed by atoms with Gasteiger partial charge < -0.3 is 20.3 Å². The van der Waals surface area contributed by atoms with Crippen molar-refractivity contribution in [2.45, 2.75) is 32.2 Å². The summed E-state index contributed by atoms with van der Waals surface area (Å²) in [5.41, 5.74) is 2.17. The van der Waals surface area contributed by atoms with Crippen molar-refractivity contribution in [2.75, 3.05) is 35.7 Å². The first-order valence-corrected chi connectivity index (χ1v) is 9.73. The van der Waals surface area contributed by atoms with E-state index < -0.39 is 11.0 Å². The molecule has 154 valence electrons. The van der Waals surface area contributed by atoms with E-state index in [-0.39, 0.29) is 17.3 Å². The monoisotopic (exact) mass is 398 g/mol. The molecule has 1 fully saturated rings. The van der Waals surface area contributed by atoms with Crippen LogP contribution in [0.2, 0.25) is 0 Å². The number of anilines is 3. The minimum Gasteiger partial charge on any atom is -0.495 e. The van der Waals surface area contributed by atoms with Crippen LogP contribution in [0.3, 0.4) is 0 Å². The molecule has 0 aromatic heterocycles. The number of hydrogen-bond donors (Lipinski definition) is 2. The summed E-state index contributed by atoms with van der Waals surface area (Å²) in [6.07, 6.45) is 3.73. The molecule has 2 N–H and O–H groups in total. The van der Waals surface area contributed by atoms with Crippen LogP contribution in [0.1, 0.15) is 26.2 Å². The summed E-state index contributed by atoms with van der Waals surface area (Å²) in [5.74, 6) is 0.0472. The molecular weight excluding hydrogens is 372 g/mol. The van der Waals surface area contributed by atoms with Crippen LogP contribution in [0.15, 0.2) is 42.5 Å². The molecule has 1 aliphatic heterocycles. The number of nitrogens with zero attached hydrogens (tertiary/aromatic N) is 2. The van der Waals surface area contributed by atoms with Crippen molar-refractivity contribution in [2.24, 2.45) is 0 Å². The van der Waals surface area contributed by atoms with E-state index in [1.807, 2.05) is 12.1 Å². The second-order valence-corrected chi connectivity index (χ2v) is 7.09. The Balaban J connectivity index is 1.63. The Bertz CT molecular complexity index is 863. The third kappa shape index (κ3) is 5.16. The maximum absolute atomic E-state index is 12.6. The largest absolute Gasteiger partial charge is 0.495 e. The minimum absolute atomic E-state index is 0.116. The molecule has 8 nitrogen and oxygen atoms in total. The summed E-state index contributed by atoms with van der Waals surface area (Å²) in [4.78, 5) is 25.4. The first-order valence-electron chi connectivity index (χ1n) is 9.73. The molecule has 0 aliphatic carbocycles. The van der Waals surface area contributed by atoms with Crippen LogP contribution in [-0.2, 0) is 4.79 Å². The lowest BCUT2D eigenvalue weighted by molar-refractivity contribution is -0.384. The van der Waals surface area contributed by atoms with Gasteiger partial charge >= 0.3 is 0 Å². The average Bonchev–Trinajstić information content (AvgIpc) is 2.74. The Hall–Kier alpha value is -3.29. The van der Waals surface area contributed by atoms with E-state index in [1.165, 1.54) is 50.3 Å². The van der Waals surface area contributed by atoms with E-state index in [2.05, 4.69) is 27.7 Å². The lowest BCUT2D eigenvalue weighted by Gasteiger charge is -2.29. The van der Waals surface area contributed by atoms with Crippen molar-refractivity contribution in [3.05, 3.63) is 52.6 Å². The predicted molar refractivity (Wildman–Crippen MR) is 114 cm³/mol. The Morgan fingerprint density at radius 1 is 1.14 bits per heavy atom. The first-order chi connectivity index (χ1) is 14.0. The molecule has 0 bridgehead atoms. The number of carbonyl (C=O) groups is 1. The van der Waals surface area contributed by atoms with Gasteiger partial charge in [0.15, 0.2) is 0 Å². The molecule has 3 rings (SSSR count). The zero-order chi connectivity index (χ0) is 20.8. The third-order valence-corrected chi connectivity index (χ3v) is 5.02. The highest BCUT2D eigenvalue weighted by molar-refractivity contribution is 5.97. The second kappa shape index (κ2) is 9.27. The molecule has 1 amide bonds. The van der Waals surface area contributed by atoms with E-state index in [0.29, 0.717) is 5.75 Å². The zero-order valence-electron chi connectivity index (χ0n) is 16.7. The number of nitrogens with one attached hydrogen (secondary N) is 2. The number of piperidine rings is 1. The van der Waals surface area contributed by atoms with E-state index >= 15 is 0 Å². The van der Waals surface area contributed by atoms with Gasteiger partial charge in [0, 0.05) is 36.6 Å². The van der Waals surface area contributed by atoms with E-state index in [9.17, 15) is 14.9 Å². The van der Waals surface area contributed by atoms with Crippen LogP contribution in [0.25, 0.3) is 0 Å². The molecule has 8 heteroatoms. The molecule has 1 aliphatic rings. The Labute approximate surface area is 170 Å². The van der Waals surface area contributed by atoms with Gasteiger partial charge in [0.25, 0.3) is 5.69 Å². The van der Waals surface area contributed by atoms with Crippen LogP contribution in [0, 0.1) is 10.1 Å². The second-order valence-electron chi connectivity index (χ2n) is 7.09. The van der Waals surface area contributed by atoms with E-state index in [0.717, 1.165) is 18.8 Å². The Kier molecular flexibility index (Phi) is 6.54. The van der Waals surface area contributed by atoms with Crippen LogP contribution in [0.5, 0.6) is 5.75 Å². The zero-order valence-corrected chi connectivity index (χ0v) is 16.7. The lowest BCUT2D eigenvalue weighted by Crippen LogP contribution is -2.32. The summed E-state index contributed by atoms with van der Waals surface area (Å²) in [5, 5.41) is 16.9. The SMILES string of the molecule is COc1ccc([N+](=O)[O-])cc1NC(=O)[C@H](C)Nc1ccc(N2CCCCC2)cc1. The number of non-ortho nitro benzene ring substituents is 1. The van der Waals surface area contributed by atoms with Gasteiger partial charge in [-0.25, -0.2) is 0 Å². The third-order valence-electron chi connectivity index (χ3n) is 5.02. The van der Waals surface area contributed by atoms with Gasteiger partial charge in [0.2, 0.25) is 5.91 Å². The number of ether oxygens (including phenoxy) is 1. The number of nitro groups is 1. The quantitative estimate of drug-likeness (QED) is 0.540. The van der Waals surface area contributed by atoms with Crippen molar-refractivity contribution >= 4 is 28.7 Å². The van der Waals surface area contributed by atoms with Crippen LogP contribution < -0.4 is 20.3 Å². The van der Waals surface area contributed by atoms with Gasteiger partial charge in [-0.2, -0.15) is 0 Å².